The number of nitrogens with one attached hydrogen (secondary N) is 2. The molecule has 0 atom stereocenters. The highest BCUT2D eigenvalue weighted by molar-refractivity contribution is 5.85. The Labute approximate surface area is 109 Å². The molecule has 1 rings (SSSR count). The molecular weight excluding hydrogens is 230 g/mol. The van der Waals surface area contributed by atoms with Crippen LogP contribution in [-0.4, -0.2) is 48.9 Å². The lowest BCUT2D eigenvalue weighted by Gasteiger charge is -2.36. The number of likely N-dealkylation sites (N-methyl/N-ethyl adjacent to an activating group) is 1. The van der Waals surface area contributed by atoms with Crippen LogP contribution in [0, 0.1) is 5.92 Å². The smallest absolute Gasteiger partial charge is 0.242 e. The molecule has 1 fully saturated rings. The zero-order chi connectivity index (χ0) is 13.8. The second-order valence-electron chi connectivity index (χ2n) is 5.55. The largest absolute Gasteiger partial charge is 0.356 e. The van der Waals surface area contributed by atoms with Gasteiger partial charge in [0.15, 0.2) is 0 Å². The van der Waals surface area contributed by atoms with Crippen molar-refractivity contribution in [1.29, 1.82) is 0 Å². The Morgan fingerprint density at radius 2 is 1.83 bits per heavy atom. The minimum absolute atomic E-state index is 0.0184. The molecule has 0 aromatic carbocycles. The molecule has 2 N–H and O–H groups in total. The highest BCUT2D eigenvalue weighted by Gasteiger charge is 2.32. The molecular formula is C13H25N3O2. The lowest BCUT2D eigenvalue weighted by molar-refractivity contribution is -0.138. The third-order valence-corrected chi connectivity index (χ3v) is 3.70. The van der Waals surface area contributed by atoms with E-state index in [1.807, 2.05) is 18.7 Å². The van der Waals surface area contributed by atoms with Crippen LogP contribution < -0.4 is 10.6 Å². The van der Waals surface area contributed by atoms with Crippen molar-refractivity contribution in [3.63, 3.8) is 0 Å². The van der Waals surface area contributed by atoms with Crippen LogP contribution in [0.25, 0.3) is 0 Å². The number of likely N-dealkylation sites (tertiary alicyclic amines) is 1. The van der Waals surface area contributed by atoms with Gasteiger partial charge in [0.1, 0.15) is 0 Å². The highest BCUT2D eigenvalue weighted by atomic mass is 16.2. The van der Waals surface area contributed by atoms with Gasteiger partial charge in [-0.15, -0.1) is 0 Å². The Bertz CT molecular complexity index is 307. The molecule has 1 aliphatic rings. The summed E-state index contributed by atoms with van der Waals surface area (Å²) in [7, 11) is 1.81. The van der Waals surface area contributed by atoms with Crippen molar-refractivity contribution in [3.8, 4) is 0 Å². The van der Waals surface area contributed by atoms with Crippen LogP contribution in [0.2, 0.25) is 0 Å². The first-order valence-electron chi connectivity index (χ1n) is 6.59. The van der Waals surface area contributed by atoms with Crippen LogP contribution in [0.1, 0.15) is 33.6 Å². The predicted molar refractivity (Wildman–Crippen MR) is 71.1 cm³/mol. The van der Waals surface area contributed by atoms with Crippen molar-refractivity contribution in [2.24, 2.45) is 5.92 Å². The molecule has 0 aromatic heterocycles. The molecule has 1 saturated heterocycles. The van der Waals surface area contributed by atoms with Crippen LogP contribution in [0.5, 0.6) is 0 Å². The van der Waals surface area contributed by atoms with Crippen molar-refractivity contribution < 1.29 is 9.59 Å². The van der Waals surface area contributed by atoms with Gasteiger partial charge in [-0.3, -0.25) is 9.59 Å². The number of hydrogen-bond donors (Lipinski definition) is 2. The van der Waals surface area contributed by atoms with Gasteiger partial charge in [0.25, 0.3) is 0 Å². The predicted octanol–water partition coefficient (Wildman–Crippen LogP) is 0.359. The summed E-state index contributed by atoms with van der Waals surface area (Å²) in [6.07, 6.45) is 1.93. The molecule has 5 heteroatoms. The summed E-state index contributed by atoms with van der Waals surface area (Å²) in [4.78, 5) is 25.0. The van der Waals surface area contributed by atoms with Gasteiger partial charge in [-0.05, 0) is 39.7 Å². The van der Waals surface area contributed by atoms with E-state index in [0.29, 0.717) is 5.92 Å². The summed E-state index contributed by atoms with van der Waals surface area (Å²) < 4.78 is 0. The number of nitrogens with zero attached hydrogens (tertiary/aromatic N) is 1. The van der Waals surface area contributed by atoms with Crippen LogP contribution in [0.3, 0.4) is 0 Å². The fourth-order valence-corrected chi connectivity index (χ4v) is 2.13. The summed E-state index contributed by atoms with van der Waals surface area (Å²) in [5, 5.41) is 5.89. The first kappa shape index (κ1) is 15.0. The van der Waals surface area contributed by atoms with E-state index < -0.39 is 5.54 Å². The van der Waals surface area contributed by atoms with Gasteiger partial charge in [0.2, 0.25) is 11.8 Å². The summed E-state index contributed by atoms with van der Waals surface area (Å²) >= 11 is 0. The normalized spacial score (nSPS) is 17.7. The number of carbonyl (C=O) groups excluding carboxylic acids is 2. The van der Waals surface area contributed by atoms with Crippen LogP contribution in [0.4, 0.5) is 0 Å². The monoisotopic (exact) mass is 255 g/mol. The van der Waals surface area contributed by atoms with Crippen molar-refractivity contribution in [1.82, 2.24) is 15.5 Å². The molecule has 0 aromatic rings. The molecule has 0 spiro atoms. The lowest BCUT2D eigenvalue weighted by atomic mass is 9.94. The zero-order valence-corrected chi connectivity index (χ0v) is 11.9. The Balaban J connectivity index is 2.39. The van der Waals surface area contributed by atoms with E-state index in [2.05, 4.69) is 10.6 Å². The Kier molecular flexibility index (Phi) is 5.14. The first-order valence-corrected chi connectivity index (χ1v) is 6.59. The van der Waals surface area contributed by atoms with Gasteiger partial charge >= 0.3 is 0 Å². The standard InChI is InChI=1S/C13H25N3O2/c1-10(17)15-9-11-5-7-16(8-6-11)12(18)13(2,3)14-4/h11,14H,5-9H2,1-4H3,(H,15,17). The van der Waals surface area contributed by atoms with E-state index in [0.717, 1.165) is 32.5 Å². The van der Waals surface area contributed by atoms with Crippen LogP contribution in [-0.2, 0) is 9.59 Å². The van der Waals surface area contributed by atoms with Gasteiger partial charge in [-0.1, -0.05) is 0 Å². The molecule has 0 radical (unpaired) electrons. The molecule has 104 valence electrons. The molecule has 0 aliphatic carbocycles. The minimum atomic E-state index is -0.496. The van der Waals surface area contributed by atoms with Gasteiger partial charge in [-0.2, -0.15) is 0 Å². The summed E-state index contributed by atoms with van der Waals surface area (Å²) in [5.41, 5.74) is -0.496. The summed E-state index contributed by atoms with van der Waals surface area (Å²) in [6, 6.07) is 0. The number of rotatable bonds is 4. The fraction of sp³-hybridized carbons (Fsp3) is 0.846. The maximum Gasteiger partial charge on any atom is 0.242 e. The van der Waals surface area contributed by atoms with Gasteiger partial charge < -0.3 is 15.5 Å². The first-order chi connectivity index (χ1) is 8.36. The number of piperidine rings is 1. The third-order valence-electron chi connectivity index (χ3n) is 3.70. The maximum atomic E-state index is 12.2. The van der Waals surface area contributed by atoms with E-state index >= 15 is 0 Å². The van der Waals surface area contributed by atoms with Gasteiger partial charge in [0, 0.05) is 26.6 Å². The Morgan fingerprint density at radius 1 is 1.28 bits per heavy atom. The van der Waals surface area contributed by atoms with Crippen molar-refractivity contribution in [3.05, 3.63) is 0 Å². The van der Waals surface area contributed by atoms with E-state index in [1.54, 1.807) is 7.05 Å². The van der Waals surface area contributed by atoms with E-state index in [4.69, 9.17) is 0 Å². The number of amides is 2. The summed E-state index contributed by atoms with van der Waals surface area (Å²) in [5.74, 6) is 0.670. The number of carbonyl (C=O) groups is 2. The van der Waals surface area contributed by atoms with Crippen molar-refractivity contribution in [2.45, 2.75) is 39.2 Å². The molecule has 1 aliphatic heterocycles. The quantitative estimate of drug-likeness (QED) is 0.762. The zero-order valence-electron chi connectivity index (χ0n) is 11.9. The minimum Gasteiger partial charge on any atom is -0.356 e. The van der Waals surface area contributed by atoms with Crippen molar-refractivity contribution >= 4 is 11.8 Å². The van der Waals surface area contributed by atoms with Gasteiger partial charge in [0.05, 0.1) is 5.54 Å². The summed E-state index contributed by atoms with van der Waals surface area (Å²) in [6.45, 7) is 7.64. The Morgan fingerprint density at radius 3 is 2.28 bits per heavy atom. The average Bonchev–Trinajstić information content (AvgIpc) is 2.36. The molecule has 2 amide bonds. The second kappa shape index (κ2) is 6.18. The highest BCUT2D eigenvalue weighted by Crippen LogP contribution is 2.19. The molecule has 18 heavy (non-hydrogen) atoms. The molecule has 0 bridgehead atoms. The molecule has 1 heterocycles. The fourth-order valence-electron chi connectivity index (χ4n) is 2.13. The van der Waals surface area contributed by atoms with Crippen LogP contribution >= 0.6 is 0 Å². The SMILES string of the molecule is CNC(C)(C)C(=O)N1CCC(CNC(C)=O)CC1. The van der Waals surface area contributed by atoms with Crippen LogP contribution in [0.15, 0.2) is 0 Å². The molecule has 5 nitrogen and oxygen atoms in total. The molecule has 0 unspecified atom stereocenters. The van der Waals surface area contributed by atoms with Crippen molar-refractivity contribution in [2.75, 3.05) is 26.7 Å². The second-order valence-corrected chi connectivity index (χ2v) is 5.55. The molecule has 0 saturated carbocycles. The Hall–Kier alpha value is -1.10. The topological polar surface area (TPSA) is 61.4 Å². The maximum absolute atomic E-state index is 12.2. The van der Waals surface area contributed by atoms with E-state index in [1.165, 1.54) is 6.92 Å². The number of hydrogen-bond acceptors (Lipinski definition) is 3. The van der Waals surface area contributed by atoms with E-state index in [9.17, 15) is 9.59 Å². The van der Waals surface area contributed by atoms with Gasteiger partial charge in [-0.25, -0.2) is 0 Å². The average molecular weight is 255 g/mol. The third kappa shape index (κ3) is 3.98. The lowest BCUT2D eigenvalue weighted by Crippen LogP contribution is -2.54. The van der Waals surface area contributed by atoms with E-state index in [-0.39, 0.29) is 11.8 Å².